The Bertz CT molecular complexity index is 359. The first-order valence-corrected chi connectivity index (χ1v) is 7.10. The first kappa shape index (κ1) is 11.3. The highest BCUT2D eigenvalue weighted by Crippen LogP contribution is 2.49. The van der Waals surface area contributed by atoms with Crippen molar-refractivity contribution in [2.75, 3.05) is 0 Å². The predicted octanol–water partition coefficient (Wildman–Crippen LogP) is 3.60. The van der Waals surface area contributed by atoms with E-state index in [9.17, 15) is 0 Å². The Labute approximate surface area is 105 Å². The fourth-order valence-corrected chi connectivity index (χ4v) is 3.93. The molecule has 0 heterocycles. The lowest BCUT2D eigenvalue weighted by molar-refractivity contribution is 0.259. The van der Waals surface area contributed by atoms with Crippen LogP contribution in [0.2, 0.25) is 0 Å². The number of nitrogens with one attached hydrogen (secondary N) is 1. The van der Waals surface area contributed by atoms with Gasteiger partial charge in [-0.3, -0.25) is 0 Å². The van der Waals surface area contributed by atoms with Crippen molar-refractivity contribution >= 4 is 0 Å². The predicted molar refractivity (Wildman–Crippen MR) is 71.7 cm³/mol. The zero-order valence-electron chi connectivity index (χ0n) is 10.7. The summed E-state index contributed by atoms with van der Waals surface area (Å²) in [4.78, 5) is 0. The molecule has 0 amide bonds. The molecule has 2 saturated carbocycles. The van der Waals surface area contributed by atoms with Crippen LogP contribution >= 0.6 is 0 Å². The lowest BCUT2D eigenvalue weighted by atomic mass is 9.84. The highest BCUT2D eigenvalue weighted by molar-refractivity contribution is 5.14. The number of fused-ring (bicyclic) bond motifs is 2. The van der Waals surface area contributed by atoms with Gasteiger partial charge in [0.1, 0.15) is 0 Å². The molecule has 1 heteroatoms. The van der Waals surface area contributed by atoms with Crippen molar-refractivity contribution in [3.8, 4) is 0 Å². The largest absolute Gasteiger partial charge is 0.310 e. The molecular formula is C16H23N. The van der Waals surface area contributed by atoms with E-state index in [1.54, 1.807) is 0 Å². The maximum Gasteiger partial charge on any atom is 0.0208 e. The monoisotopic (exact) mass is 229 g/mol. The van der Waals surface area contributed by atoms with Crippen LogP contribution in [-0.2, 0) is 6.54 Å². The van der Waals surface area contributed by atoms with E-state index in [1.807, 2.05) is 0 Å². The fraction of sp³-hybridized carbons (Fsp3) is 0.625. The molecule has 92 valence electrons. The summed E-state index contributed by atoms with van der Waals surface area (Å²) in [6.45, 7) is 3.41. The van der Waals surface area contributed by atoms with Crippen LogP contribution in [0.1, 0.15) is 38.2 Å². The third kappa shape index (κ3) is 2.40. The van der Waals surface area contributed by atoms with Gasteiger partial charge in [-0.25, -0.2) is 0 Å². The number of hydrogen-bond acceptors (Lipinski definition) is 1. The van der Waals surface area contributed by atoms with Crippen molar-refractivity contribution < 1.29 is 0 Å². The molecule has 0 aliphatic heterocycles. The lowest BCUT2D eigenvalue weighted by Gasteiger charge is -2.28. The van der Waals surface area contributed by atoms with E-state index in [2.05, 4.69) is 42.6 Å². The molecule has 4 atom stereocenters. The second kappa shape index (κ2) is 4.81. The molecule has 0 aromatic heterocycles. The summed E-state index contributed by atoms with van der Waals surface area (Å²) in [5.41, 5.74) is 1.41. The van der Waals surface area contributed by atoms with Gasteiger partial charge in [-0.1, -0.05) is 36.8 Å². The minimum atomic E-state index is 0.686. The molecule has 0 radical (unpaired) electrons. The number of benzene rings is 1. The summed E-state index contributed by atoms with van der Waals surface area (Å²) in [5, 5.41) is 3.73. The van der Waals surface area contributed by atoms with Crippen molar-refractivity contribution in [2.24, 2.45) is 17.8 Å². The summed E-state index contributed by atoms with van der Waals surface area (Å²) >= 11 is 0. The third-order valence-corrected chi connectivity index (χ3v) is 4.91. The minimum Gasteiger partial charge on any atom is -0.310 e. The van der Waals surface area contributed by atoms with Gasteiger partial charge in [0.2, 0.25) is 0 Å². The van der Waals surface area contributed by atoms with Crippen molar-refractivity contribution in [3.05, 3.63) is 35.9 Å². The van der Waals surface area contributed by atoms with Crippen LogP contribution < -0.4 is 5.32 Å². The van der Waals surface area contributed by atoms with Gasteiger partial charge in [0.15, 0.2) is 0 Å². The van der Waals surface area contributed by atoms with Gasteiger partial charge in [0, 0.05) is 12.6 Å². The van der Waals surface area contributed by atoms with Crippen LogP contribution in [0.25, 0.3) is 0 Å². The molecule has 1 nitrogen and oxygen atoms in total. The average Bonchev–Trinajstić information content (AvgIpc) is 2.99. The standard InChI is InChI=1S/C16H23N/c1-12(16-10-14-7-8-15(16)9-14)17-11-13-5-3-2-4-6-13/h2-6,12,14-17H,7-11H2,1H3/t12-,14-,15-,16-/m0/s1. The van der Waals surface area contributed by atoms with Crippen molar-refractivity contribution in [1.82, 2.24) is 5.32 Å². The second-order valence-corrected chi connectivity index (χ2v) is 5.99. The summed E-state index contributed by atoms with van der Waals surface area (Å²) in [6.07, 6.45) is 5.99. The first-order valence-electron chi connectivity index (χ1n) is 7.10. The lowest BCUT2D eigenvalue weighted by Crippen LogP contribution is -2.35. The van der Waals surface area contributed by atoms with Gasteiger partial charge in [-0.05, 0) is 49.5 Å². The third-order valence-electron chi connectivity index (χ3n) is 4.91. The Morgan fingerprint density at radius 2 is 2.00 bits per heavy atom. The first-order chi connectivity index (χ1) is 8.33. The van der Waals surface area contributed by atoms with Crippen LogP contribution in [0.15, 0.2) is 30.3 Å². The van der Waals surface area contributed by atoms with Gasteiger partial charge >= 0.3 is 0 Å². The number of rotatable bonds is 4. The summed E-state index contributed by atoms with van der Waals surface area (Å²) in [5.74, 6) is 3.03. The van der Waals surface area contributed by atoms with E-state index < -0.39 is 0 Å². The molecule has 0 spiro atoms. The summed E-state index contributed by atoms with van der Waals surface area (Å²) in [6, 6.07) is 11.4. The highest BCUT2D eigenvalue weighted by atomic mass is 14.9. The average molecular weight is 229 g/mol. The van der Waals surface area contributed by atoms with E-state index in [0.717, 1.165) is 24.3 Å². The van der Waals surface area contributed by atoms with Gasteiger partial charge in [-0.2, -0.15) is 0 Å². The number of hydrogen-bond donors (Lipinski definition) is 1. The molecule has 0 saturated heterocycles. The summed E-state index contributed by atoms with van der Waals surface area (Å²) in [7, 11) is 0. The van der Waals surface area contributed by atoms with Gasteiger partial charge < -0.3 is 5.32 Å². The second-order valence-electron chi connectivity index (χ2n) is 5.99. The van der Waals surface area contributed by atoms with E-state index in [0.29, 0.717) is 6.04 Å². The smallest absolute Gasteiger partial charge is 0.0208 e. The molecule has 1 N–H and O–H groups in total. The van der Waals surface area contributed by atoms with Crippen molar-refractivity contribution in [1.29, 1.82) is 0 Å². The van der Waals surface area contributed by atoms with Gasteiger partial charge in [-0.15, -0.1) is 0 Å². The molecule has 1 aromatic carbocycles. The zero-order valence-corrected chi connectivity index (χ0v) is 10.7. The maximum absolute atomic E-state index is 3.73. The van der Waals surface area contributed by atoms with Crippen LogP contribution in [0.4, 0.5) is 0 Å². The molecule has 2 fully saturated rings. The SMILES string of the molecule is C[C@H](NCc1ccccc1)[C@@H]1C[C@H]2CC[C@H]1C2. The van der Waals surface area contributed by atoms with Crippen molar-refractivity contribution in [2.45, 2.75) is 45.2 Å². The van der Waals surface area contributed by atoms with Crippen LogP contribution in [-0.4, -0.2) is 6.04 Å². The molecule has 3 rings (SSSR count). The zero-order chi connectivity index (χ0) is 11.7. The molecule has 0 unspecified atom stereocenters. The van der Waals surface area contributed by atoms with Crippen LogP contribution in [0, 0.1) is 17.8 Å². The Morgan fingerprint density at radius 3 is 2.65 bits per heavy atom. The molecule has 2 aliphatic rings. The Morgan fingerprint density at radius 1 is 1.18 bits per heavy atom. The maximum atomic E-state index is 3.73. The molecular weight excluding hydrogens is 206 g/mol. The molecule has 17 heavy (non-hydrogen) atoms. The molecule has 1 aromatic rings. The van der Waals surface area contributed by atoms with Crippen LogP contribution in [0.3, 0.4) is 0 Å². The van der Waals surface area contributed by atoms with E-state index in [4.69, 9.17) is 0 Å². The van der Waals surface area contributed by atoms with E-state index in [1.165, 1.54) is 31.2 Å². The Hall–Kier alpha value is -0.820. The fourth-order valence-electron chi connectivity index (χ4n) is 3.93. The van der Waals surface area contributed by atoms with Crippen LogP contribution in [0.5, 0.6) is 0 Å². The quantitative estimate of drug-likeness (QED) is 0.832. The van der Waals surface area contributed by atoms with E-state index >= 15 is 0 Å². The van der Waals surface area contributed by atoms with Gasteiger partial charge in [0.25, 0.3) is 0 Å². The van der Waals surface area contributed by atoms with E-state index in [-0.39, 0.29) is 0 Å². The van der Waals surface area contributed by atoms with Crippen molar-refractivity contribution in [3.63, 3.8) is 0 Å². The molecule has 2 bridgehead atoms. The van der Waals surface area contributed by atoms with Gasteiger partial charge in [0.05, 0.1) is 0 Å². The Balaban J connectivity index is 1.52. The summed E-state index contributed by atoms with van der Waals surface area (Å²) < 4.78 is 0. The minimum absolute atomic E-state index is 0.686. The molecule has 2 aliphatic carbocycles. The Kier molecular flexibility index (Phi) is 3.19. The topological polar surface area (TPSA) is 12.0 Å². The normalized spacial score (nSPS) is 32.9. The highest BCUT2D eigenvalue weighted by Gasteiger charge is 2.41.